The van der Waals surface area contributed by atoms with Crippen molar-refractivity contribution in [2.24, 2.45) is 0 Å². The van der Waals surface area contributed by atoms with E-state index in [-0.39, 0.29) is 29.6 Å². The molecular weight excluding hydrogens is 275 g/mol. The smallest absolute Gasteiger partial charge is 0.221 e. The Bertz CT molecular complexity index is 674. The van der Waals surface area contributed by atoms with Crippen molar-refractivity contribution in [2.45, 2.75) is 13.5 Å². The number of anilines is 2. The maximum Gasteiger partial charge on any atom is 0.221 e. The first-order valence-electron chi connectivity index (χ1n) is 6.27. The molecule has 0 fully saturated rings. The molecule has 0 aliphatic heterocycles. The number of nitrogens with one attached hydrogen (secondary N) is 2. The van der Waals surface area contributed by atoms with Gasteiger partial charge in [0.1, 0.15) is 5.82 Å². The predicted octanol–water partition coefficient (Wildman–Crippen LogP) is 2.81. The number of carbonyl (C=O) groups is 1. The van der Waals surface area contributed by atoms with Gasteiger partial charge in [0.15, 0.2) is 11.5 Å². The summed E-state index contributed by atoms with van der Waals surface area (Å²) in [5.74, 6) is -1.14. The summed E-state index contributed by atoms with van der Waals surface area (Å²) in [7, 11) is 0. The lowest BCUT2D eigenvalue weighted by atomic mass is 10.2. The highest BCUT2D eigenvalue weighted by molar-refractivity contribution is 5.89. The third-order valence-electron chi connectivity index (χ3n) is 2.81. The van der Waals surface area contributed by atoms with Crippen LogP contribution in [0.3, 0.4) is 0 Å². The van der Waals surface area contributed by atoms with Gasteiger partial charge in [-0.15, -0.1) is 0 Å². The molecule has 21 heavy (non-hydrogen) atoms. The van der Waals surface area contributed by atoms with Crippen molar-refractivity contribution < 1.29 is 19.4 Å². The molecule has 2 rings (SSSR count). The fourth-order valence-corrected chi connectivity index (χ4v) is 1.82. The number of halogens is 1. The van der Waals surface area contributed by atoms with Gasteiger partial charge >= 0.3 is 0 Å². The molecule has 0 aliphatic rings. The van der Waals surface area contributed by atoms with Crippen LogP contribution in [0, 0.1) is 5.82 Å². The molecule has 0 spiro atoms. The lowest BCUT2D eigenvalue weighted by molar-refractivity contribution is -0.114. The first kappa shape index (κ1) is 14.6. The quantitative estimate of drug-likeness (QED) is 0.653. The summed E-state index contributed by atoms with van der Waals surface area (Å²) in [6.45, 7) is 1.63. The highest BCUT2D eigenvalue weighted by Gasteiger charge is 2.06. The Morgan fingerprint density at radius 1 is 1.14 bits per heavy atom. The van der Waals surface area contributed by atoms with Crippen molar-refractivity contribution in [3.05, 3.63) is 47.8 Å². The molecule has 0 atom stereocenters. The Balaban J connectivity index is 2.11. The van der Waals surface area contributed by atoms with Gasteiger partial charge < -0.3 is 20.8 Å². The van der Waals surface area contributed by atoms with Gasteiger partial charge in [0, 0.05) is 19.2 Å². The lowest BCUT2D eigenvalue weighted by Gasteiger charge is -2.10. The van der Waals surface area contributed by atoms with Crippen LogP contribution in [0.25, 0.3) is 0 Å². The average Bonchev–Trinajstić information content (AvgIpc) is 2.42. The number of benzene rings is 2. The zero-order valence-electron chi connectivity index (χ0n) is 11.4. The van der Waals surface area contributed by atoms with E-state index in [0.717, 1.165) is 0 Å². The van der Waals surface area contributed by atoms with Crippen LogP contribution >= 0.6 is 0 Å². The molecule has 5 nitrogen and oxygen atoms in total. The van der Waals surface area contributed by atoms with Crippen molar-refractivity contribution in [3.8, 4) is 11.5 Å². The molecule has 0 bridgehead atoms. The van der Waals surface area contributed by atoms with E-state index in [4.69, 9.17) is 0 Å². The third-order valence-corrected chi connectivity index (χ3v) is 2.81. The molecule has 2 aromatic rings. The van der Waals surface area contributed by atoms with E-state index in [9.17, 15) is 19.4 Å². The Kier molecular flexibility index (Phi) is 4.27. The molecule has 6 heteroatoms. The van der Waals surface area contributed by atoms with Crippen LogP contribution in [0.5, 0.6) is 11.5 Å². The van der Waals surface area contributed by atoms with Gasteiger partial charge in [0.05, 0.1) is 5.69 Å². The Morgan fingerprint density at radius 3 is 2.57 bits per heavy atom. The van der Waals surface area contributed by atoms with Gasteiger partial charge in [-0.2, -0.15) is 0 Å². The Hall–Kier alpha value is -2.76. The van der Waals surface area contributed by atoms with E-state index in [1.807, 2.05) is 0 Å². The SMILES string of the molecule is CC(=O)Nc1ccc(F)c(NCc2ccc(O)c(O)c2)c1. The van der Waals surface area contributed by atoms with Crippen molar-refractivity contribution in [1.29, 1.82) is 0 Å². The molecule has 4 N–H and O–H groups in total. The van der Waals surface area contributed by atoms with E-state index >= 15 is 0 Å². The van der Waals surface area contributed by atoms with Crippen molar-refractivity contribution in [2.75, 3.05) is 10.6 Å². The number of hydrogen-bond donors (Lipinski definition) is 4. The van der Waals surface area contributed by atoms with E-state index in [1.165, 1.54) is 37.3 Å². The second kappa shape index (κ2) is 6.13. The monoisotopic (exact) mass is 290 g/mol. The maximum absolute atomic E-state index is 13.7. The van der Waals surface area contributed by atoms with E-state index in [1.54, 1.807) is 6.07 Å². The number of carbonyl (C=O) groups excluding carboxylic acids is 1. The first-order chi connectivity index (χ1) is 9.95. The molecule has 0 aliphatic carbocycles. The number of hydrogen-bond acceptors (Lipinski definition) is 4. The summed E-state index contributed by atoms with van der Waals surface area (Å²) in [4.78, 5) is 11.0. The number of aromatic hydroxyl groups is 2. The third kappa shape index (κ3) is 3.85. The minimum Gasteiger partial charge on any atom is -0.504 e. The van der Waals surface area contributed by atoms with Crippen LogP contribution in [0.4, 0.5) is 15.8 Å². The first-order valence-corrected chi connectivity index (χ1v) is 6.27. The normalized spacial score (nSPS) is 10.2. The maximum atomic E-state index is 13.7. The lowest BCUT2D eigenvalue weighted by Crippen LogP contribution is -2.07. The highest BCUT2D eigenvalue weighted by atomic mass is 19.1. The van der Waals surface area contributed by atoms with E-state index in [0.29, 0.717) is 11.3 Å². The second-order valence-electron chi connectivity index (χ2n) is 4.55. The second-order valence-corrected chi connectivity index (χ2v) is 4.55. The zero-order valence-corrected chi connectivity index (χ0v) is 11.4. The predicted molar refractivity (Wildman–Crippen MR) is 77.8 cm³/mol. The topological polar surface area (TPSA) is 81.6 Å². The van der Waals surface area contributed by atoms with Crippen molar-refractivity contribution in [1.82, 2.24) is 0 Å². The molecule has 0 saturated heterocycles. The molecule has 0 saturated carbocycles. The van der Waals surface area contributed by atoms with Crippen LogP contribution < -0.4 is 10.6 Å². The molecule has 0 heterocycles. The largest absolute Gasteiger partial charge is 0.504 e. The van der Waals surface area contributed by atoms with Gasteiger partial charge in [0.25, 0.3) is 0 Å². The number of rotatable bonds is 4. The summed E-state index contributed by atoms with van der Waals surface area (Å²) in [5, 5.41) is 24.1. The van der Waals surface area contributed by atoms with Gasteiger partial charge in [-0.1, -0.05) is 6.07 Å². The van der Waals surface area contributed by atoms with Crippen molar-refractivity contribution >= 4 is 17.3 Å². The summed E-state index contributed by atoms with van der Waals surface area (Å²) < 4.78 is 13.7. The fraction of sp³-hybridized carbons (Fsp3) is 0.133. The number of phenolic OH excluding ortho intramolecular Hbond substituents is 2. The summed E-state index contributed by atoms with van der Waals surface area (Å²) >= 11 is 0. The van der Waals surface area contributed by atoms with E-state index < -0.39 is 5.82 Å². The molecular formula is C15H15FN2O3. The minimum absolute atomic E-state index is 0.211. The molecule has 0 aromatic heterocycles. The van der Waals surface area contributed by atoms with Crippen LogP contribution in [0.15, 0.2) is 36.4 Å². The summed E-state index contributed by atoms with van der Waals surface area (Å²) in [5.41, 5.74) is 1.39. The highest BCUT2D eigenvalue weighted by Crippen LogP contribution is 2.26. The summed E-state index contributed by atoms with van der Waals surface area (Å²) in [6, 6.07) is 8.55. The fourth-order valence-electron chi connectivity index (χ4n) is 1.82. The van der Waals surface area contributed by atoms with E-state index in [2.05, 4.69) is 10.6 Å². The Labute approximate surface area is 121 Å². The Morgan fingerprint density at radius 2 is 1.90 bits per heavy atom. The van der Waals surface area contributed by atoms with Crippen molar-refractivity contribution in [3.63, 3.8) is 0 Å². The summed E-state index contributed by atoms with van der Waals surface area (Å²) in [6.07, 6.45) is 0. The van der Waals surface area contributed by atoms with Gasteiger partial charge in [0.2, 0.25) is 5.91 Å². The average molecular weight is 290 g/mol. The molecule has 0 radical (unpaired) electrons. The van der Waals surface area contributed by atoms with Crippen LogP contribution in [0.2, 0.25) is 0 Å². The molecule has 110 valence electrons. The standard InChI is InChI=1S/C15H15FN2O3/c1-9(19)18-11-3-4-12(16)13(7-11)17-8-10-2-5-14(20)15(21)6-10/h2-7,17,20-21H,8H2,1H3,(H,18,19). The number of amides is 1. The van der Waals surface area contributed by atoms with Gasteiger partial charge in [-0.05, 0) is 35.9 Å². The molecule has 0 unspecified atom stereocenters. The number of phenols is 2. The zero-order chi connectivity index (χ0) is 15.4. The van der Waals surface area contributed by atoms with Crippen LogP contribution in [0.1, 0.15) is 12.5 Å². The molecule has 1 amide bonds. The van der Waals surface area contributed by atoms with Gasteiger partial charge in [-0.25, -0.2) is 4.39 Å². The van der Waals surface area contributed by atoms with Crippen LogP contribution in [-0.4, -0.2) is 16.1 Å². The van der Waals surface area contributed by atoms with Gasteiger partial charge in [-0.3, -0.25) is 4.79 Å². The van der Waals surface area contributed by atoms with Crippen LogP contribution in [-0.2, 0) is 11.3 Å². The minimum atomic E-state index is -0.452. The molecule has 2 aromatic carbocycles.